The van der Waals surface area contributed by atoms with Crippen molar-refractivity contribution in [3.05, 3.63) is 83.2 Å². The molecule has 1 amide bonds. The van der Waals surface area contributed by atoms with Gasteiger partial charge in [0.1, 0.15) is 40.7 Å². The van der Waals surface area contributed by atoms with E-state index in [9.17, 15) is 36.6 Å². The van der Waals surface area contributed by atoms with Crippen LogP contribution in [0.2, 0.25) is 0 Å². The predicted octanol–water partition coefficient (Wildman–Crippen LogP) is 6.07. The Hall–Kier alpha value is -4.81. The van der Waals surface area contributed by atoms with E-state index in [1.54, 1.807) is 42.6 Å². The van der Waals surface area contributed by atoms with E-state index in [0.717, 1.165) is 5.69 Å². The standard InChI is InChI=1S/C30H27F5N4O4/c1-4-24(30(33,34)35)38-17-13-20(31)25(21(32)14-17)28(40)39-22(29(41)42)12-16-8-9-19(26-18(16)6-5-11-36-26)27-23(43-3)10-7-15(2)37-27/h5-11,13-14,22,24,38H,4,12H2,1-3H3,(H,39,40)(H,41,42). The lowest BCUT2D eigenvalue weighted by molar-refractivity contribution is -0.143. The SMILES string of the molecule is CCC(Nc1cc(F)c(C(=O)NC(Cc2ccc(-c3nc(C)ccc3OC)c3ncccc23)C(=O)O)c(F)c1)C(F)(F)F. The minimum absolute atomic E-state index is 0.283. The number of hydrogen-bond acceptors (Lipinski definition) is 6. The zero-order valence-corrected chi connectivity index (χ0v) is 23.2. The van der Waals surface area contributed by atoms with Gasteiger partial charge in [-0.3, -0.25) is 9.78 Å². The number of amides is 1. The lowest BCUT2D eigenvalue weighted by atomic mass is 9.96. The molecule has 0 spiro atoms. The molecule has 2 heterocycles. The van der Waals surface area contributed by atoms with Crippen molar-refractivity contribution in [1.29, 1.82) is 0 Å². The third kappa shape index (κ3) is 6.82. The second kappa shape index (κ2) is 12.6. The van der Waals surface area contributed by atoms with E-state index in [-0.39, 0.29) is 6.42 Å². The summed E-state index contributed by atoms with van der Waals surface area (Å²) in [6.07, 6.45) is -3.81. The molecule has 0 saturated heterocycles. The van der Waals surface area contributed by atoms with E-state index in [2.05, 4.69) is 15.3 Å². The Morgan fingerprint density at radius 3 is 2.37 bits per heavy atom. The number of rotatable bonds is 10. The highest BCUT2D eigenvalue weighted by Gasteiger charge is 2.38. The number of halogens is 5. The second-order valence-electron chi connectivity index (χ2n) is 9.71. The summed E-state index contributed by atoms with van der Waals surface area (Å²) in [5, 5.41) is 14.5. The number of anilines is 1. The Labute approximate surface area is 242 Å². The van der Waals surface area contributed by atoms with Crippen LogP contribution in [0.5, 0.6) is 5.75 Å². The molecule has 2 atom stereocenters. The van der Waals surface area contributed by atoms with Crippen LogP contribution in [0.1, 0.15) is 35.0 Å². The number of pyridine rings is 2. The fourth-order valence-corrected chi connectivity index (χ4v) is 4.64. The van der Waals surface area contributed by atoms with Gasteiger partial charge < -0.3 is 20.5 Å². The highest BCUT2D eigenvalue weighted by Crippen LogP contribution is 2.34. The summed E-state index contributed by atoms with van der Waals surface area (Å²) in [6.45, 7) is 3.06. The van der Waals surface area contributed by atoms with Crippen molar-refractivity contribution in [2.45, 2.75) is 44.9 Å². The molecule has 3 N–H and O–H groups in total. The van der Waals surface area contributed by atoms with Gasteiger partial charge in [-0.15, -0.1) is 0 Å². The van der Waals surface area contributed by atoms with E-state index in [1.807, 2.05) is 12.2 Å². The molecule has 43 heavy (non-hydrogen) atoms. The number of ether oxygens (including phenoxy) is 1. The maximum Gasteiger partial charge on any atom is 0.408 e. The molecule has 0 radical (unpaired) electrons. The molecule has 0 fully saturated rings. The van der Waals surface area contributed by atoms with Crippen LogP contribution < -0.4 is 15.4 Å². The molecule has 2 aromatic carbocycles. The van der Waals surface area contributed by atoms with Gasteiger partial charge >= 0.3 is 12.1 Å². The fraction of sp³-hybridized carbons (Fsp3) is 0.267. The molecular formula is C30H27F5N4O4. The van der Waals surface area contributed by atoms with Crippen molar-refractivity contribution in [2.75, 3.05) is 12.4 Å². The number of hydrogen-bond donors (Lipinski definition) is 3. The summed E-state index contributed by atoms with van der Waals surface area (Å²) in [6, 6.07) is 7.62. The summed E-state index contributed by atoms with van der Waals surface area (Å²) in [4.78, 5) is 34.0. The second-order valence-corrected chi connectivity index (χ2v) is 9.71. The number of nitrogens with one attached hydrogen (secondary N) is 2. The first-order chi connectivity index (χ1) is 20.3. The lowest BCUT2D eigenvalue weighted by Crippen LogP contribution is -2.43. The smallest absolute Gasteiger partial charge is 0.408 e. The van der Waals surface area contributed by atoms with Crippen LogP contribution >= 0.6 is 0 Å². The summed E-state index contributed by atoms with van der Waals surface area (Å²) >= 11 is 0. The van der Waals surface area contributed by atoms with Gasteiger partial charge in [-0.25, -0.2) is 18.6 Å². The Balaban J connectivity index is 1.63. The van der Waals surface area contributed by atoms with E-state index in [0.29, 0.717) is 45.6 Å². The highest BCUT2D eigenvalue weighted by atomic mass is 19.4. The topological polar surface area (TPSA) is 113 Å². The first-order valence-corrected chi connectivity index (χ1v) is 13.1. The molecule has 0 aliphatic carbocycles. The van der Waals surface area contributed by atoms with Crippen LogP contribution in [0.25, 0.3) is 22.2 Å². The number of aromatic nitrogens is 2. The molecule has 4 rings (SSSR count). The molecule has 8 nitrogen and oxygen atoms in total. The highest BCUT2D eigenvalue weighted by molar-refractivity contribution is 5.98. The molecule has 4 aromatic rings. The fourth-order valence-electron chi connectivity index (χ4n) is 4.64. The maximum absolute atomic E-state index is 14.8. The van der Waals surface area contributed by atoms with Gasteiger partial charge in [0.2, 0.25) is 0 Å². The normalized spacial score (nSPS) is 12.9. The average molecular weight is 603 g/mol. The Bertz CT molecular complexity index is 1660. The van der Waals surface area contributed by atoms with E-state index < -0.39 is 59.4 Å². The van der Waals surface area contributed by atoms with Gasteiger partial charge in [0.15, 0.2) is 0 Å². The monoisotopic (exact) mass is 602 g/mol. The zero-order valence-electron chi connectivity index (χ0n) is 23.2. The first-order valence-electron chi connectivity index (χ1n) is 13.1. The van der Waals surface area contributed by atoms with Gasteiger partial charge in [-0.05, 0) is 49.2 Å². The van der Waals surface area contributed by atoms with Crippen molar-refractivity contribution >= 4 is 28.5 Å². The zero-order chi connectivity index (χ0) is 31.5. The van der Waals surface area contributed by atoms with Crippen molar-refractivity contribution in [3.63, 3.8) is 0 Å². The molecule has 0 aliphatic heterocycles. The number of carboxylic acids is 1. The molecule has 13 heteroatoms. The number of aryl methyl sites for hydroxylation is 1. The first kappa shape index (κ1) is 31.1. The lowest BCUT2D eigenvalue weighted by Gasteiger charge is -2.22. The van der Waals surface area contributed by atoms with E-state index >= 15 is 0 Å². The summed E-state index contributed by atoms with van der Waals surface area (Å²) < 4.78 is 74.3. The van der Waals surface area contributed by atoms with Crippen molar-refractivity contribution < 1.29 is 41.4 Å². The van der Waals surface area contributed by atoms with E-state index in [4.69, 9.17) is 4.74 Å². The number of carbonyl (C=O) groups excluding carboxylic acids is 1. The Morgan fingerprint density at radius 2 is 1.77 bits per heavy atom. The van der Waals surface area contributed by atoms with Crippen LogP contribution in [0.15, 0.2) is 54.7 Å². The molecule has 0 bridgehead atoms. The van der Waals surface area contributed by atoms with Gasteiger partial charge in [-0.1, -0.05) is 25.1 Å². The summed E-state index contributed by atoms with van der Waals surface area (Å²) in [7, 11) is 1.50. The van der Waals surface area contributed by atoms with Crippen LogP contribution in [0.4, 0.5) is 27.6 Å². The minimum Gasteiger partial charge on any atom is -0.494 e. The van der Waals surface area contributed by atoms with Crippen molar-refractivity contribution in [3.8, 4) is 17.0 Å². The van der Waals surface area contributed by atoms with Crippen LogP contribution in [0.3, 0.4) is 0 Å². The Kier molecular flexibility index (Phi) is 9.12. The molecule has 0 aliphatic rings. The van der Waals surface area contributed by atoms with Crippen molar-refractivity contribution in [2.24, 2.45) is 0 Å². The van der Waals surface area contributed by atoms with Crippen molar-refractivity contribution in [1.82, 2.24) is 15.3 Å². The number of carboxylic acid groups (broad SMARTS) is 1. The number of methoxy groups -OCH3 is 1. The third-order valence-corrected chi connectivity index (χ3v) is 6.77. The Morgan fingerprint density at radius 1 is 1.07 bits per heavy atom. The van der Waals surface area contributed by atoms with Gasteiger partial charge in [-0.2, -0.15) is 13.2 Å². The predicted molar refractivity (Wildman–Crippen MR) is 149 cm³/mol. The summed E-state index contributed by atoms with van der Waals surface area (Å²) in [5.74, 6) is -5.29. The van der Waals surface area contributed by atoms with E-state index in [1.165, 1.54) is 14.0 Å². The van der Waals surface area contributed by atoms with Crippen LogP contribution in [-0.2, 0) is 11.2 Å². The number of benzene rings is 2. The van der Waals surface area contributed by atoms with Gasteiger partial charge in [0, 0.05) is 34.9 Å². The number of carbonyl (C=O) groups is 2. The molecule has 226 valence electrons. The van der Waals surface area contributed by atoms with Crippen LogP contribution in [0, 0.1) is 18.6 Å². The minimum atomic E-state index is -4.67. The van der Waals surface area contributed by atoms with Crippen LogP contribution in [-0.4, -0.2) is 52.3 Å². The number of fused-ring (bicyclic) bond motifs is 1. The molecule has 0 saturated carbocycles. The largest absolute Gasteiger partial charge is 0.494 e. The third-order valence-electron chi connectivity index (χ3n) is 6.77. The number of alkyl halides is 3. The molecule has 2 unspecified atom stereocenters. The van der Waals surface area contributed by atoms with Gasteiger partial charge in [0.25, 0.3) is 5.91 Å². The quantitative estimate of drug-likeness (QED) is 0.189. The number of nitrogens with zero attached hydrogens (tertiary/aromatic N) is 2. The molecule has 2 aromatic heterocycles. The number of aliphatic carboxylic acids is 1. The average Bonchev–Trinajstić information content (AvgIpc) is 2.94. The maximum atomic E-state index is 14.8. The molecular weight excluding hydrogens is 575 g/mol. The van der Waals surface area contributed by atoms with Gasteiger partial charge in [0.05, 0.1) is 12.6 Å². The summed E-state index contributed by atoms with van der Waals surface area (Å²) in [5.41, 5.74) is 1.16.